The van der Waals surface area contributed by atoms with Gasteiger partial charge in [0.2, 0.25) is 17.9 Å². The Hall–Kier alpha value is -4.07. The number of carbonyl (C=O) groups excluding carboxylic acids is 4. The number of esters is 1. The Kier molecular flexibility index (Phi) is 9.11. The van der Waals surface area contributed by atoms with Gasteiger partial charge in [0.1, 0.15) is 23.6 Å². The second-order valence-electron chi connectivity index (χ2n) is 9.55. The predicted molar refractivity (Wildman–Crippen MR) is 134 cm³/mol. The van der Waals surface area contributed by atoms with Crippen molar-refractivity contribution >= 4 is 34.6 Å². The summed E-state index contributed by atoms with van der Waals surface area (Å²) in [5, 5.41) is 18.6. The van der Waals surface area contributed by atoms with Crippen molar-refractivity contribution in [3.63, 3.8) is 0 Å². The topological polar surface area (TPSA) is 162 Å². The van der Waals surface area contributed by atoms with Gasteiger partial charge in [-0.3, -0.25) is 19.2 Å². The number of nitrogens with one attached hydrogen (secondary N) is 4. The van der Waals surface area contributed by atoms with Crippen LogP contribution in [0.2, 0.25) is 0 Å². The summed E-state index contributed by atoms with van der Waals surface area (Å²) >= 11 is 0. The van der Waals surface area contributed by atoms with E-state index in [4.69, 9.17) is 9.47 Å². The normalized spacial score (nSPS) is 17.4. The van der Waals surface area contributed by atoms with Crippen LogP contribution in [0.4, 0.5) is 0 Å². The molecule has 1 aliphatic heterocycles. The molecule has 1 aliphatic rings. The first-order chi connectivity index (χ1) is 17.6. The summed E-state index contributed by atoms with van der Waals surface area (Å²) in [6, 6.07) is 7.09. The summed E-state index contributed by atoms with van der Waals surface area (Å²) in [5.41, 5.74) is 0.970. The fourth-order valence-corrected chi connectivity index (χ4v) is 4.46. The van der Waals surface area contributed by atoms with Gasteiger partial charge in [0, 0.05) is 30.3 Å². The maximum Gasteiger partial charge on any atom is 0.304 e. The van der Waals surface area contributed by atoms with E-state index in [9.17, 15) is 24.4 Å². The molecule has 1 aromatic heterocycles. The average molecular weight is 512 g/mol. The quantitative estimate of drug-likeness (QED) is 0.334. The van der Waals surface area contributed by atoms with Crippen molar-refractivity contribution in [2.45, 2.75) is 58.2 Å². The van der Waals surface area contributed by atoms with Crippen LogP contribution in [-0.4, -0.2) is 60.5 Å². The molecule has 1 unspecified atom stereocenters. The monoisotopic (exact) mass is 511 g/mol. The molecule has 0 radical (unpaired) electrons. The largest absolute Gasteiger partial charge is 0.496 e. The molecule has 1 aromatic carbocycles. The van der Waals surface area contributed by atoms with Crippen LogP contribution in [0.1, 0.15) is 50.5 Å². The van der Waals surface area contributed by atoms with Gasteiger partial charge in [-0.2, -0.15) is 5.26 Å². The Labute approximate surface area is 215 Å². The number of benzene rings is 1. The molecule has 11 heteroatoms. The van der Waals surface area contributed by atoms with Crippen molar-refractivity contribution in [3.05, 3.63) is 30.0 Å². The highest BCUT2D eigenvalue weighted by Crippen LogP contribution is 2.26. The molecule has 1 saturated heterocycles. The third kappa shape index (κ3) is 7.00. The van der Waals surface area contributed by atoms with Crippen LogP contribution in [0.5, 0.6) is 5.75 Å². The second kappa shape index (κ2) is 12.3. The maximum absolute atomic E-state index is 13.4. The number of H-pyrrole nitrogens is 1. The summed E-state index contributed by atoms with van der Waals surface area (Å²) in [7, 11) is 1.54. The lowest BCUT2D eigenvalue weighted by atomic mass is 9.94. The molecule has 0 bridgehead atoms. The molecule has 2 aromatic rings. The Balaban J connectivity index is 1.80. The first-order valence-electron chi connectivity index (χ1n) is 12.2. The van der Waals surface area contributed by atoms with Crippen molar-refractivity contribution in [3.8, 4) is 11.8 Å². The Morgan fingerprint density at radius 1 is 1.24 bits per heavy atom. The zero-order valence-corrected chi connectivity index (χ0v) is 21.4. The van der Waals surface area contributed by atoms with Crippen molar-refractivity contribution in [2.24, 2.45) is 11.8 Å². The van der Waals surface area contributed by atoms with Gasteiger partial charge >= 0.3 is 5.97 Å². The number of carbonyl (C=O) groups is 4. The van der Waals surface area contributed by atoms with Crippen LogP contribution in [0.25, 0.3) is 10.9 Å². The minimum absolute atomic E-state index is 0.0538. The SMILES string of the molecule is COc1cccc2[nH]c(C(=O)N[C@@H](CC(C)C)C(=O)N[C@@H](C[C@@H]3CCNC3=O)C(C#N)OC(C)=O)cc12. The highest BCUT2D eigenvalue weighted by molar-refractivity contribution is 6.01. The number of amides is 3. The van der Waals surface area contributed by atoms with E-state index in [1.54, 1.807) is 25.3 Å². The van der Waals surface area contributed by atoms with Gasteiger partial charge in [-0.1, -0.05) is 19.9 Å². The van der Waals surface area contributed by atoms with Crippen LogP contribution in [0.3, 0.4) is 0 Å². The van der Waals surface area contributed by atoms with Gasteiger partial charge in [-0.25, -0.2) is 0 Å². The molecule has 2 heterocycles. The van der Waals surface area contributed by atoms with Gasteiger partial charge < -0.3 is 30.4 Å². The Morgan fingerprint density at radius 2 is 2.00 bits per heavy atom. The number of ether oxygens (including phenoxy) is 2. The minimum atomic E-state index is -1.29. The highest BCUT2D eigenvalue weighted by Gasteiger charge is 2.35. The Bertz CT molecular complexity index is 1200. The molecule has 0 aliphatic carbocycles. The van der Waals surface area contributed by atoms with Gasteiger partial charge in [0.15, 0.2) is 0 Å². The zero-order chi connectivity index (χ0) is 27.1. The van der Waals surface area contributed by atoms with Crippen molar-refractivity contribution in [1.82, 2.24) is 20.9 Å². The predicted octanol–water partition coefficient (Wildman–Crippen LogP) is 1.79. The van der Waals surface area contributed by atoms with E-state index in [1.807, 2.05) is 26.0 Å². The molecule has 198 valence electrons. The van der Waals surface area contributed by atoms with E-state index in [0.29, 0.717) is 30.7 Å². The number of aromatic amines is 1. The molecule has 4 N–H and O–H groups in total. The van der Waals surface area contributed by atoms with Crippen LogP contribution in [0, 0.1) is 23.2 Å². The summed E-state index contributed by atoms with van der Waals surface area (Å²) in [4.78, 5) is 53.3. The van der Waals surface area contributed by atoms with Crippen molar-refractivity contribution in [2.75, 3.05) is 13.7 Å². The molecule has 37 heavy (non-hydrogen) atoms. The minimum Gasteiger partial charge on any atom is -0.496 e. The van der Waals surface area contributed by atoms with Crippen molar-refractivity contribution < 1.29 is 28.7 Å². The number of nitriles is 1. The molecule has 0 spiro atoms. The fourth-order valence-electron chi connectivity index (χ4n) is 4.46. The Morgan fingerprint density at radius 3 is 2.59 bits per heavy atom. The lowest BCUT2D eigenvalue weighted by Gasteiger charge is -2.27. The van der Waals surface area contributed by atoms with Crippen LogP contribution in [0.15, 0.2) is 24.3 Å². The number of fused-ring (bicyclic) bond motifs is 1. The molecule has 3 rings (SSSR count). The summed E-state index contributed by atoms with van der Waals surface area (Å²) < 4.78 is 10.5. The van der Waals surface area contributed by atoms with Gasteiger partial charge in [-0.15, -0.1) is 0 Å². The standard InChI is InChI=1S/C26H33N5O6/c1-14(2)10-20(31-26(35)21-12-17-18(29-21)6-5-7-22(17)36-4)25(34)30-19(23(13-27)37-15(3)32)11-16-8-9-28-24(16)33/h5-7,12,14,16,19-20,23,29H,8-11H2,1-4H3,(H,28,33)(H,30,34)(H,31,35)/t16-,19-,20-,23?/m0/s1. The maximum atomic E-state index is 13.4. The smallest absolute Gasteiger partial charge is 0.304 e. The molecular formula is C26H33N5O6. The van der Waals surface area contributed by atoms with Crippen LogP contribution >= 0.6 is 0 Å². The van der Waals surface area contributed by atoms with E-state index in [1.165, 1.54) is 6.92 Å². The first-order valence-corrected chi connectivity index (χ1v) is 12.2. The zero-order valence-electron chi connectivity index (χ0n) is 21.4. The molecule has 0 saturated carbocycles. The molecule has 11 nitrogen and oxygen atoms in total. The molecule has 3 amide bonds. The summed E-state index contributed by atoms with van der Waals surface area (Å²) in [5.74, 6) is -1.65. The fraction of sp³-hybridized carbons (Fsp3) is 0.500. The van der Waals surface area contributed by atoms with Gasteiger partial charge in [0.05, 0.1) is 13.2 Å². The number of hydrogen-bond donors (Lipinski definition) is 4. The third-order valence-corrected chi connectivity index (χ3v) is 6.23. The van der Waals surface area contributed by atoms with E-state index in [-0.39, 0.29) is 23.9 Å². The second-order valence-corrected chi connectivity index (χ2v) is 9.55. The number of methoxy groups -OCH3 is 1. The van der Waals surface area contributed by atoms with Gasteiger partial charge in [-0.05, 0) is 43.4 Å². The highest BCUT2D eigenvalue weighted by atomic mass is 16.5. The summed E-state index contributed by atoms with van der Waals surface area (Å²) in [6.45, 7) is 5.49. The van der Waals surface area contributed by atoms with E-state index in [0.717, 1.165) is 5.39 Å². The lowest BCUT2D eigenvalue weighted by molar-refractivity contribution is -0.146. The summed E-state index contributed by atoms with van der Waals surface area (Å²) in [6.07, 6.45) is -0.304. The molecule has 1 fully saturated rings. The lowest BCUT2D eigenvalue weighted by Crippen LogP contribution is -2.54. The number of hydrogen-bond acceptors (Lipinski definition) is 7. The van der Waals surface area contributed by atoms with Crippen LogP contribution in [-0.2, 0) is 19.1 Å². The average Bonchev–Trinajstić information content (AvgIpc) is 3.47. The number of rotatable bonds is 11. The van der Waals surface area contributed by atoms with Crippen molar-refractivity contribution in [1.29, 1.82) is 5.26 Å². The molecule has 4 atom stereocenters. The van der Waals surface area contributed by atoms with E-state index in [2.05, 4.69) is 20.9 Å². The van der Waals surface area contributed by atoms with E-state index < -0.39 is 41.9 Å². The van der Waals surface area contributed by atoms with Crippen LogP contribution < -0.4 is 20.7 Å². The first kappa shape index (κ1) is 27.5. The van der Waals surface area contributed by atoms with E-state index >= 15 is 0 Å². The number of nitrogens with zero attached hydrogens (tertiary/aromatic N) is 1. The van der Waals surface area contributed by atoms with Gasteiger partial charge in [0.25, 0.3) is 5.91 Å². The third-order valence-electron chi connectivity index (χ3n) is 6.23. The molecular weight excluding hydrogens is 478 g/mol. The number of aromatic nitrogens is 1.